The van der Waals surface area contributed by atoms with Crippen LogP contribution in [-0.4, -0.2) is 58.8 Å². The fourth-order valence-electron chi connectivity index (χ4n) is 5.20. The lowest BCUT2D eigenvalue weighted by atomic mass is 9.62. The predicted molar refractivity (Wildman–Crippen MR) is 135 cm³/mol. The third kappa shape index (κ3) is 4.92. The van der Waals surface area contributed by atoms with E-state index >= 15 is 0 Å². The molecule has 2 aliphatic heterocycles. The van der Waals surface area contributed by atoms with Crippen molar-refractivity contribution in [1.29, 1.82) is 0 Å². The van der Waals surface area contributed by atoms with Crippen molar-refractivity contribution >= 4 is 11.9 Å². The highest BCUT2D eigenvalue weighted by Crippen LogP contribution is 2.51. The quantitative estimate of drug-likeness (QED) is 0.583. The molecule has 2 fully saturated rings. The minimum Gasteiger partial charge on any atom is -0.444 e. The van der Waals surface area contributed by atoms with Gasteiger partial charge in [0.05, 0.1) is 6.54 Å². The Hall–Kier alpha value is -2.74. The molecule has 2 aromatic rings. The first-order valence-electron chi connectivity index (χ1n) is 12.5. The Morgan fingerprint density at radius 2 is 1.72 bits per heavy atom. The normalized spacial score (nSPS) is 20.7. The van der Waals surface area contributed by atoms with E-state index in [1.165, 1.54) is 0 Å². The zero-order valence-corrected chi connectivity index (χ0v) is 22.0. The van der Waals surface area contributed by atoms with E-state index in [4.69, 9.17) is 4.74 Å². The molecular formula is C28H37F2N3O3. The van der Waals surface area contributed by atoms with Gasteiger partial charge in [-0.15, -0.1) is 0 Å². The number of anilines is 1. The number of rotatable bonds is 5. The van der Waals surface area contributed by atoms with Gasteiger partial charge in [0.15, 0.2) is 0 Å². The third-order valence-electron chi connectivity index (χ3n) is 7.26. The van der Waals surface area contributed by atoms with E-state index in [-0.39, 0.29) is 26.1 Å². The molecule has 2 saturated heterocycles. The second kappa shape index (κ2) is 8.98. The van der Waals surface area contributed by atoms with E-state index in [2.05, 4.69) is 18.8 Å². The van der Waals surface area contributed by atoms with Crippen molar-refractivity contribution in [2.45, 2.75) is 71.0 Å². The Morgan fingerprint density at radius 1 is 1.08 bits per heavy atom. The van der Waals surface area contributed by atoms with Gasteiger partial charge in [-0.25, -0.2) is 18.6 Å². The minimum atomic E-state index is -2.76. The number of carbonyl (C=O) groups excluding carboxylic acids is 1. The van der Waals surface area contributed by atoms with Gasteiger partial charge in [0.25, 0.3) is 5.92 Å². The molecule has 1 aromatic heterocycles. The summed E-state index contributed by atoms with van der Waals surface area (Å²) in [5, 5.41) is 12.5. The molecule has 8 heteroatoms. The van der Waals surface area contributed by atoms with Crippen molar-refractivity contribution in [3.63, 3.8) is 0 Å². The number of benzene rings is 1. The van der Waals surface area contributed by atoms with Gasteiger partial charge in [0.1, 0.15) is 17.0 Å². The molecular weight excluding hydrogens is 464 g/mol. The number of aliphatic hydroxyl groups is 1. The van der Waals surface area contributed by atoms with E-state index in [9.17, 15) is 18.7 Å². The molecule has 4 rings (SSSR count). The number of likely N-dealkylation sites (tertiary alicyclic amines) is 1. The zero-order chi connectivity index (χ0) is 26.5. The Balaban J connectivity index is 1.71. The van der Waals surface area contributed by atoms with Crippen LogP contribution in [0.4, 0.5) is 19.4 Å². The fraction of sp³-hybridized carbons (Fsp3) is 0.571. The first-order valence-corrected chi connectivity index (χ1v) is 12.5. The number of nitrogens with zero attached hydrogens (tertiary/aromatic N) is 3. The molecule has 0 bridgehead atoms. The highest BCUT2D eigenvalue weighted by molar-refractivity contribution is 5.70. The number of hydrogen-bond acceptors (Lipinski definition) is 5. The molecule has 0 radical (unpaired) electrons. The lowest BCUT2D eigenvalue weighted by Crippen LogP contribution is -2.66. The Labute approximate surface area is 212 Å². The first-order chi connectivity index (χ1) is 16.6. The Morgan fingerprint density at radius 3 is 2.25 bits per heavy atom. The Bertz CT molecular complexity index is 1110. The average Bonchev–Trinajstić information content (AvgIpc) is 3.15. The predicted octanol–water partition coefficient (Wildman–Crippen LogP) is 5.54. The van der Waals surface area contributed by atoms with Gasteiger partial charge < -0.3 is 19.6 Å². The molecule has 0 spiro atoms. The molecule has 0 unspecified atom stereocenters. The molecule has 196 valence electrons. The standard InChI is InChI=1S/C28H37F2N3O3/c1-19(2)20-7-9-21(10-8-20)28(35,26(6)16-33(17-26)24(34)36-25(3,4)5)22-11-13-31-23(15-22)32-14-12-27(29,30)18-32/h7-11,13,15,19,35H,12,14,16-18H2,1-6H3/t28-/m0/s1. The van der Waals surface area contributed by atoms with Crippen LogP contribution in [0.15, 0.2) is 42.6 Å². The number of pyridine rings is 1. The largest absolute Gasteiger partial charge is 0.444 e. The summed E-state index contributed by atoms with van der Waals surface area (Å²) in [5.74, 6) is -2.01. The summed E-state index contributed by atoms with van der Waals surface area (Å²) in [5.41, 5.74) is -0.458. The second-order valence-corrected chi connectivity index (χ2v) is 11.8. The lowest BCUT2D eigenvalue weighted by Gasteiger charge is -2.56. The number of halogens is 2. The topological polar surface area (TPSA) is 65.9 Å². The summed E-state index contributed by atoms with van der Waals surface area (Å²) in [7, 11) is 0. The minimum absolute atomic E-state index is 0.203. The highest BCUT2D eigenvalue weighted by atomic mass is 19.3. The van der Waals surface area contributed by atoms with Crippen LogP contribution in [0.5, 0.6) is 0 Å². The van der Waals surface area contributed by atoms with Crippen LogP contribution < -0.4 is 4.90 Å². The van der Waals surface area contributed by atoms with E-state index in [0.29, 0.717) is 22.9 Å². The number of carbonyl (C=O) groups is 1. The van der Waals surface area contributed by atoms with Crippen LogP contribution in [0.2, 0.25) is 0 Å². The van der Waals surface area contributed by atoms with Crippen LogP contribution in [0, 0.1) is 5.41 Å². The van der Waals surface area contributed by atoms with Gasteiger partial charge >= 0.3 is 6.09 Å². The molecule has 1 amide bonds. The maximum atomic E-state index is 13.9. The maximum absolute atomic E-state index is 13.9. The first kappa shape index (κ1) is 26.3. The summed E-state index contributed by atoms with van der Waals surface area (Å²) < 4.78 is 33.3. The number of hydrogen-bond donors (Lipinski definition) is 1. The van der Waals surface area contributed by atoms with Crippen molar-refractivity contribution in [2.24, 2.45) is 5.41 Å². The lowest BCUT2D eigenvalue weighted by molar-refractivity contribution is -0.131. The van der Waals surface area contributed by atoms with Gasteiger partial charge in [0.2, 0.25) is 0 Å². The third-order valence-corrected chi connectivity index (χ3v) is 7.26. The molecule has 0 saturated carbocycles. The Kier molecular flexibility index (Phi) is 6.56. The molecule has 36 heavy (non-hydrogen) atoms. The van der Waals surface area contributed by atoms with Gasteiger partial charge in [-0.2, -0.15) is 0 Å². The van der Waals surface area contributed by atoms with Crippen molar-refractivity contribution in [2.75, 3.05) is 31.1 Å². The van der Waals surface area contributed by atoms with E-state index in [1.807, 2.05) is 52.0 Å². The molecule has 6 nitrogen and oxygen atoms in total. The number of ether oxygens (including phenoxy) is 1. The molecule has 1 aromatic carbocycles. The van der Waals surface area contributed by atoms with Crippen LogP contribution in [0.1, 0.15) is 70.6 Å². The van der Waals surface area contributed by atoms with Crippen LogP contribution in [0.3, 0.4) is 0 Å². The molecule has 1 N–H and O–H groups in total. The number of alkyl halides is 2. The SMILES string of the molecule is CC(C)c1ccc([C@](O)(c2ccnc(N3CCC(F)(F)C3)c2)C2(C)CN(C(=O)OC(C)(C)C)C2)cc1. The summed E-state index contributed by atoms with van der Waals surface area (Å²) in [6.07, 6.45) is 0.914. The maximum Gasteiger partial charge on any atom is 0.410 e. The smallest absolute Gasteiger partial charge is 0.410 e. The van der Waals surface area contributed by atoms with Crippen molar-refractivity contribution in [1.82, 2.24) is 9.88 Å². The van der Waals surface area contributed by atoms with Gasteiger partial charge in [-0.05, 0) is 55.5 Å². The van der Waals surface area contributed by atoms with Crippen molar-refractivity contribution in [3.05, 3.63) is 59.3 Å². The monoisotopic (exact) mass is 501 g/mol. The molecule has 0 aliphatic carbocycles. The average molecular weight is 502 g/mol. The van der Waals surface area contributed by atoms with Crippen molar-refractivity contribution < 1.29 is 23.4 Å². The summed E-state index contributed by atoms with van der Waals surface area (Å²) in [4.78, 5) is 20.2. The highest BCUT2D eigenvalue weighted by Gasteiger charge is 2.58. The van der Waals surface area contributed by atoms with Crippen LogP contribution in [-0.2, 0) is 10.3 Å². The van der Waals surface area contributed by atoms with Gasteiger partial charge in [-0.1, -0.05) is 45.0 Å². The van der Waals surface area contributed by atoms with Gasteiger partial charge in [-0.3, -0.25) is 0 Å². The zero-order valence-electron chi connectivity index (χ0n) is 22.0. The fourth-order valence-corrected chi connectivity index (χ4v) is 5.20. The molecule has 1 atom stereocenters. The molecule has 2 aliphatic rings. The van der Waals surface area contributed by atoms with Crippen LogP contribution >= 0.6 is 0 Å². The summed E-state index contributed by atoms with van der Waals surface area (Å²) in [6.45, 7) is 12.0. The van der Waals surface area contributed by atoms with E-state index in [0.717, 1.165) is 5.56 Å². The second-order valence-electron chi connectivity index (χ2n) is 11.8. The van der Waals surface area contributed by atoms with E-state index < -0.39 is 35.2 Å². The van der Waals surface area contributed by atoms with E-state index in [1.54, 1.807) is 28.1 Å². The number of amides is 1. The van der Waals surface area contributed by atoms with Crippen molar-refractivity contribution in [3.8, 4) is 0 Å². The van der Waals surface area contributed by atoms with Crippen LogP contribution in [0.25, 0.3) is 0 Å². The summed E-state index contributed by atoms with van der Waals surface area (Å²) in [6, 6.07) is 11.3. The molecule has 3 heterocycles. The summed E-state index contributed by atoms with van der Waals surface area (Å²) >= 11 is 0. The van der Waals surface area contributed by atoms with Gasteiger partial charge in [0, 0.05) is 37.7 Å². The number of aromatic nitrogens is 1.